The Morgan fingerprint density at radius 1 is 1.17 bits per heavy atom. The Balaban J connectivity index is 1.95. The standard InChI is InChI=1S/C20H20F3N5OS/c1-11(2)8-13(12-4-5-15(27-10-12)20(21,22)23)9-14-16(17(24)29)30-19(28-14)18-25-6-3-7-26-18/h3-7,10-11,13H,8-9H2,1-2H3,(H2,24,29). The van der Waals surface area contributed by atoms with Crippen molar-refractivity contribution in [3.05, 3.63) is 58.6 Å². The summed E-state index contributed by atoms with van der Waals surface area (Å²) in [5.41, 5.74) is 5.74. The van der Waals surface area contributed by atoms with E-state index in [-0.39, 0.29) is 11.8 Å². The van der Waals surface area contributed by atoms with Crippen LogP contribution in [-0.2, 0) is 12.6 Å². The van der Waals surface area contributed by atoms with Gasteiger partial charge in [-0.3, -0.25) is 9.78 Å². The van der Waals surface area contributed by atoms with Gasteiger partial charge in [-0.15, -0.1) is 11.3 Å². The number of pyridine rings is 1. The number of carbonyl (C=O) groups is 1. The highest BCUT2D eigenvalue weighted by atomic mass is 32.1. The monoisotopic (exact) mass is 435 g/mol. The van der Waals surface area contributed by atoms with E-state index >= 15 is 0 Å². The molecular weight excluding hydrogens is 415 g/mol. The summed E-state index contributed by atoms with van der Waals surface area (Å²) in [5, 5.41) is 0.466. The van der Waals surface area contributed by atoms with Gasteiger partial charge in [0, 0.05) is 18.6 Å². The van der Waals surface area contributed by atoms with Gasteiger partial charge < -0.3 is 5.73 Å². The van der Waals surface area contributed by atoms with E-state index in [1.54, 1.807) is 18.5 Å². The number of alkyl halides is 3. The molecule has 1 amide bonds. The zero-order valence-electron chi connectivity index (χ0n) is 16.3. The van der Waals surface area contributed by atoms with Crippen molar-refractivity contribution < 1.29 is 18.0 Å². The molecule has 158 valence electrons. The molecule has 3 aromatic rings. The Hall–Kier alpha value is -2.88. The van der Waals surface area contributed by atoms with E-state index in [1.165, 1.54) is 12.3 Å². The van der Waals surface area contributed by atoms with Crippen LogP contribution in [0.5, 0.6) is 0 Å². The number of aromatic nitrogens is 4. The number of hydrogen-bond acceptors (Lipinski definition) is 6. The van der Waals surface area contributed by atoms with Crippen molar-refractivity contribution in [2.24, 2.45) is 11.7 Å². The number of nitrogens with zero attached hydrogens (tertiary/aromatic N) is 4. The Bertz CT molecular complexity index is 1000. The maximum absolute atomic E-state index is 12.8. The normalized spacial score (nSPS) is 12.9. The minimum Gasteiger partial charge on any atom is -0.365 e. The van der Waals surface area contributed by atoms with Gasteiger partial charge in [0.05, 0.1) is 5.69 Å². The van der Waals surface area contributed by atoms with Gasteiger partial charge >= 0.3 is 6.18 Å². The van der Waals surface area contributed by atoms with Gasteiger partial charge in [-0.2, -0.15) is 13.2 Å². The van der Waals surface area contributed by atoms with E-state index in [2.05, 4.69) is 19.9 Å². The molecule has 0 saturated carbocycles. The molecule has 0 bridgehead atoms. The molecule has 3 aromatic heterocycles. The Morgan fingerprint density at radius 2 is 1.87 bits per heavy atom. The molecule has 0 aliphatic rings. The van der Waals surface area contributed by atoms with Crippen LogP contribution in [0.2, 0.25) is 0 Å². The summed E-state index contributed by atoms with van der Waals surface area (Å²) < 4.78 is 38.5. The van der Waals surface area contributed by atoms with Gasteiger partial charge in [-0.25, -0.2) is 15.0 Å². The molecule has 30 heavy (non-hydrogen) atoms. The highest BCUT2D eigenvalue weighted by molar-refractivity contribution is 7.17. The molecule has 6 nitrogen and oxygen atoms in total. The van der Waals surface area contributed by atoms with E-state index in [9.17, 15) is 18.0 Å². The molecule has 0 aliphatic carbocycles. The summed E-state index contributed by atoms with van der Waals surface area (Å²) in [5.74, 6) is -0.138. The fourth-order valence-corrected chi connectivity index (χ4v) is 4.04. The fourth-order valence-electron chi connectivity index (χ4n) is 3.14. The molecule has 10 heteroatoms. The molecular formula is C20H20F3N5OS. The molecule has 0 radical (unpaired) electrons. The van der Waals surface area contributed by atoms with Crippen LogP contribution < -0.4 is 5.73 Å². The third kappa shape index (κ3) is 5.18. The van der Waals surface area contributed by atoms with Crippen LogP contribution in [0.3, 0.4) is 0 Å². The van der Waals surface area contributed by atoms with Crippen molar-refractivity contribution in [2.45, 2.75) is 38.8 Å². The van der Waals surface area contributed by atoms with Gasteiger partial charge in [0.2, 0.25) is 0 Å². The van der Waals surface area contributed by atoms with Gasteiger partial charge in [-0.1, -0.05) is 19.9 Å². The first kappa shape index (κ1) is 21.8. The highest BCUT2D eigenvalue weighted by Crippen LogP contribution is 2.34. The summed E-state index contributed by atoms with van der Waals surface area (Å²) in [6.07, 6.45) is 0.913. The van der Waals surface area contributed by atoms with E-state index in [1.807, 2.05) is 13.8 Å². The molecule has 3 rings (SSSR count). The summed E-state index contributed by atoms with van der Waals surface area (Å²) in [4.78, 5) is 28.7. The van der Waals surface area contributed by atoms with Crippen LogP contribution in [0.4, 0.5) is 13.2 Å². The smallest absolute Gasteiger partial charge is 0.365 e. The lowest BCUT2D eigenvalue weighted by Crippen LogP contribution is -2.15. The lowest BCUT2D eigenvalue weighted by Gasteiger charge is -2.19. The van der Waals surface area contributed by atoms with Crippen LogP contribution in [0, 0.1) is 5.92 Å². The molecule has 0 saturated heterocycles. The van der Waals surface area contributed by atoms with Crippen LogP contribution in [0.1, 0.15) is 52.8 Å². The van der Waals surface area contributed by atoms with Gasteiger partial charge in [0.15, 0.2) is 10.8 Å². The minimum absolute atomic E-state index is 0.176. The predicted octanol–water partition coefficient (Wildman–Crippen LogP) is 4.49. The van der Waals surface area contributed by atoms with Gasteiger partial charge in [0.1, 0.15) is 10.6 Å². The molecule has 3 heterocycles. The summed E-state index contributed by atoms with van der Waals surface area (Å²) in [6, 6.07) is 4.08. The number of halogens is 3. The first-order valence-corrected chi connectivity index (χ1v) is 10.1. The zero-order chi connectivity index (χ0) is 21.9. The van der Waals surface area contributed by atoms with E-state index in [0.717, 1.165) is 17.4 Å². The first-order chi connectivity index (χ1) is 14.1. The van der Waals surface area contributed by atoms with Gasteiger partial charge in [-0.05, 0) is 42.4 Å². The number of amides is 1. The zero-order valence-corrected chi connectivity index (χ0v) is 17.2. The third-order valence-corrected chi connectivity index (χ3v) is 5.53. The van der Waals surface area contributed by atoms with E-state index < -0.39 is 17.8 Å². The van der Waals surface area contributed by atoms with E-state index in [0.29, 0.717) is 39.8 Å². The molecule has 1 unspecified atom stereocenters. The Kier molecular flexibility index (Phi) is 6.45. The molecule has 0 aromatic carbocycles. The molecule has 0 aliphatic heterocycles. The minimum atomic E-state index is -4.50. The van der Waals surface area contributed by atoms with Crippen molar-refractivity contribution in [1.82, 2.24) is 19.9 Å². The van der Waals surface area contributed by atoms with Crippen LogP contribution in [0.15, 0.2) is 36.8 Å². The molecule has 2 N–H and O–H groups in total. The van der Waals surface area contributed by atoms with Gasteiger partial charge in [0.25, 0.3) is 5.91 Å². The second kappa shape index (κ2) is 8.86. The average molecular weight is 435 g/mol. The van der Waals surface area contributed by atoms with Crippen molar-refractivity contribution in [2.75, 3.05) is 0 Å². The molecule has 0 spiro atoms. The second-order valence-corrected chi connectivity index (χ2v) is 8.24. The van der Waals surface area contributed by atoms with Crippen LogP contribution >= 0.6 is 11.3 Å². The maximum atomic E-state index is 12.8. The highest BCUT2D eigenvalue weighted by Gasteiger charge is 2.32. The van der Waals surface area contributed by atoms with Crippen LogP contribution in [0.25, 0.3) is 10.8 Å². The maximum Gasteiger partial charge on any atom is 0.433 e. The van der Waals surface area contributed by atoms with Crippen molar-refractivity contribution in [1.29, 1.82) is 0 Å². The first-order valence-electron chi connectivity index (χ1n) is 9.25. The molecule has 1 atom stereocenters. The number of hydrogen-bond donors (Lipinski definition) is 1. The number of nitrogens with two attached hydrogens (primary N) is 1. The lowest BCUT2D eigenvalue weighted by molar-refractivity contribution is -0.141. The number of thiazole rings is 1. The predicted molar refractivity (Wildman–Crippen MR) is 107 cm³/mol. The summed E-state index contributed by atoms with van der Waals surface area (Å²) >= 11 is 1.11. The Labute approximate surface area is 175 Å². The van der Waals surface area contributed by atoms with Crippen molar-refractivity contribution in [3.8, 4) is 10.8 Å². The summed E-state index contributed by atoms with van der Waals surface area (Å²) in [7, 11) is 0. The largest absolute Gasteiger partial charge is 0.433 e. The Morgan fingerprint density at radius 3 is 2.40 bits per heavy atom. The van der Waals surface area contributed by atoms with Crippen molar-refractivity contribution in [3.63, 3.8) is 0 Å². The third-order valence-electron chi connectivity index (χ3n) is 4.42. The average Bonchev–Trinajstić information content (AvgIpc) is 3.11. The van der Waals surface area contributed by atoms with Crippen molar-refractivity contribution >= 4 is 17.2 Å². The lowest BCUT2D eigenvalue weighted by atomic mass is 9.87. The number of rotatable bonds is 7. The second-order valence-electron chi connectivity index (χ2n) is 7.24. The number of primary amides is 1. The number of carbonyl (C=O) groups excluding carboxylic acids is 1. The SMILES string of the molecule is CC(C)CC(Cc1nc(-c2ncccn2)sc1C(N)=O)c1ccc(C(F)(F)F)nc1. The summed E-state index contributed by atoms with van der Waals surface area (Å²) in [6.45, 7) is 4.04. The van der Waals surface area contributed by atoms with Crippen LogP contribution in [-0.4, -0.2) is 25.8 Å². The molecule has 0 fully saturated rings. The fraction of sp³-hybridized carbons (Fsp3) is 0.350. The quantitative estimate of drug-likeness (QED) is 0.590. The topological polar surface area (TPSA) is 94.6 Å². The van der Waals surface area contributed by atoms with E-state index in [4.69, 9.17) is 5.73 Å².